The van der Waals surface area contributed by atoms with Crippen LogP contribution in [0.15, 0.2) is 36.4 Å². The van der Waals surface area contributed by atoms with E-state index >= 15 is 0 Å². The van der Waals surface area contributed by atoms with Crippen molar-refractivity contribution in [3.05, 3.63) is 70.2 Å². The second-order valence-electron chi connectivity index (χ2n) is 9.83. The van der Waals surface area contributed by atoms with Crippen molar-refractivity contribution in [1.29, 1.82) is 0 Å². The summed E-state index contributed by atoms with van der Waals surface area (Å²) in [6.07, 6.45) is 10.4. The molecule has 4 heterocycles. The van der Waals surface area contributed by atoms with Gasteiger partial charge in [0.05, 0.1) is 12.3 Å². The van der Waals surface area contributed by atoms with Gasteiger partial charge < -0.3 is 14.5 Å². The van der Waals surface area contributed by atoms with Crippen LogP contribution in [0.4, 0.5) is 0 Å². The maximum absolute atomic E-state index is 5.95. The Kier molecular flexibility index (Phi) is 6.37. The van der Waals surface area contributed by atoms with Gasteiger partial charge in [-0.15, -0.1) is 10.2 Å². The minimum atomic E-state index is -0.0361. The Labute approximate surface area is 210 Å². The Morgan fingerprint density at radius 3 is 2.86 bits per heavy atom. The first kappa shape index (κ1) is 23.1. The molecule has 4 aromatic rings. The topological polar surface area (TPSA) is 90.7 Å². The SMILES string of the molecule is Cc1nn(-c2nnc3c4c([nH]c3n2)C=CC(CCOC2CCCCO2)C4)c(C)c1Cc1ccccc1. The number of fused-ring (bicyclic) bond motifs is 3. The fraction of sp³-hybridized carbons (Fsp3) is 0.429. The van der Waals surface area contributed by atoms with Gasteiger partial charge in [0.15, 0.2) is 11.9 Å². The van der Waals surface area contributed by atoms with E-state index in [9.17, 15) is 0 Å². The number of ether oxygens (including phenoxy) is 2. The van der Waals surface area contributed by atoms with Crippen LogP contribution >= 0.6 is 0 Å². The maximum Gasteiger partial charge on any atom is 0.272 e. The minimum absolute atomic E-state index is 0.0361. The van der Waals surface area contributed by atoms with Gasteiger partial charge in [-0.1, -0.05) is 36.4 Å². The Morgan fingerprint density at radius 1 is 1.14 bits per heavy atom. The summed E-state index contributed by atoms with van der Waals surface area (Å²) in [5.41, 5.74) is 8.30. The highest BCUT2D eigenvalue weighted by Crippen LogP contribution is 2.30. The largest absolute Gasteiger partial charge is 0.353 e. The van der Waals surface area contributed by atoms with Gasteiger partial charge in [0, 0.05) is 35.5 Å². The summed E-state index contributed by atoms with van der Waals surface area (Å²) in [7, 11) is 0. The smallest absolute Gasteiger partial charge is 0.272 e. The number of H-pyrrole nitrogens is 1. The van der Waals surface area contributed by atoms with Crippen LogP contribution in [0.3, 0.4) is 0 Å². The van der Waals surface area contributed by atoms with Crippen LogP contribution < -0.4 is 0 Å². The summed E-state index contributed by atoms with van der Waals surface area (Å²) in [6.45, 7) is 5.62. The lowest BCUT2D eigenvalue weighted by Crippen LogP contribution is -2.23. The van der Waals surface area contributed by atoms with Gasteiger partial charge >= 0.3 is 0 Å². The van der Waals surface area contributed by atoms with Crippen molar-refractivity contribution in [2.75, 3.05) is 13.2 Å². The first-order valence-corrected chi connectivity index (χ1v) is 12.9. The molecule has 0 saturated carbocycles. The Hall–Kier alpha value is -3.36. The second-order valence-corrected chi connectivity index (χ2v) is 9.83. The molecule has 0 spiro atoms. The van der Waals surface area contributed by atoms with E-state index in [1.54, 1.807) is 0 Å². The predicted molar refractivity (Wildman–Crippen MR) is 138 cm³/mol. The van der Waals surface area contributed by atoms with Crippen molar-refractivity contribution in [2.24, 2.45) is 5.92 Å². The molecule has 1 saturated heterocycles. The van der Waals surface area contributed by atoms with Gasteiger partial charge in [0.1, 0.15) is 5.52 Å². The third-order valence-electron chi connectivity index (χ3n) is 7.33. The number of benzene rings is 1. The zero-order valence-corrected chi connectivity index (χ0v) is 20.9. The zero-order valence-electron chi connectivity index (χ0n) is 20.9. The second kappa shape index (κ2) is 9.95. The van der Waals surface area contributed by atoms with Crippen LogP contribution in [0.1, 0.15) is 59.5 Å². The molecule has 8 nitrogen and oxygen atoms in total. The number of hydrogen-bond acceptors (Lipinski definition) is 6. The van der Waals surface area contributed by atoms with Crippen molar-refractivity contribution in [1.82, 2.24) is 29.9 Å². The van der Waals surface area contributed by atoms with Gasteiger partial charge in [0.2, 0.25) is 0 Å². The molecule has 0 amide bonds. The lowest BCUT2D eigenvalue weighted by Gasteiger charge is -2.24. The molecule has 1 N–H and O–H groups in total. The molecular formula is C28H32N6O2. The monoisotopic (exact) mass is 484 g/mol. The molecule has 6 rings (SSSR count). The molecule has 2 aliphatic rings. The molecule has 1 aliphatic heterocycles. The van der Waals surface area contributed by atoms with Crippen molar-refractivity contribution < 1.29 is 9.47 Å². The summed E-state index contributed by atoms with van der Waals surface area (Å²) < 4.78 is 13.4. The van der Waals surface area contributed by atoms with Crippen molar-refractivity contribution in [2.45, 2.75) is 58.7 Å². The normalized spacial score (nSPS) is 19.6. The average Bonchev–Trinajstić information content (AvgIpc) is 3.41. The van der Waals surface area contributed by atoms with E-state index in [1.165, 1.54) is 23.1 Å². The summed E-state index contributed by atoms with van der Waals surface area (Å²) >= 11 is 0. The number of aryl methyl sites for hydroxylation is 1. The number of allylic oxidation sites excluding steroid dienone is 1. The number of rotatable bonds is 7. The molecule has 2 unspecified atom stereocenters. The Morgan fingerprint density at radius 2 is 2.03 bits per heavy atom. The molecule has 186 valence electrons. The van der Waals surface area contributed by atoms with E-state index in [2.05, 4.69) is 58.5 Å². The summed E-state index contributed by atoms with van der Waals surface area (Å²) in [6, 6.07) is 10.4. The first-order chi connectivity index (χ1) is 17.7. The fourth-order valence-electron chi connectivity index (χ4n) is 5.26. The summed E-state index contributed by atoms with van der Waals surface area (Å²) in [5.74, 6) is 0.889. The number of nitrogens with one attached hydrogen (secondary N) is 1. The van der Waals surface area contributed by atoms with Gasteiger partial charge in [-0.3, -0.25) is 0 Å². The molecule has 8 heteroatoms. The molecule has 0 radical (unpaired) electrons. The van der Waals surface area contributed by atoms with Crippen LogP contribution in [0.2, 0.25) is 0 Å². The lowest BCUT2D eigenvalue weighted by atomic mass is 9.91. The number of hydrogen-bond donors (Lipinski definition) is 1. The Balaban J connectivity index is 1.18. The first-order valence-electron chi connectivity index (χ1n) is 12.9. The lowest BCUT2D eigenvalue weighted by molar-refractivity contribution is -0.163. The third-order valence-corrected chi connectivity index (χ3v) is 7.33. The predicted octanol–water partition coefficient (Wildman–Crippen LogP) is 4.87. The van der Waals surface area contributed by atoms with Crippen LogP contribution in [-0.2, 0) is 22.3 Å². The molecule has 1 aliphatic carbocycles. The van der Waals surface area contributed by atoms with E-state index in [4.69, 9.17) is 19.6 Å². The number of aromatic nitrogens is 6. The zero-order chi connectivity index (χ0) is 24.5. The van der Waals surface area contributed by atoms with E-state index in [-0.39, 0.29) is 6.29 Å². The molecule has 2 atom stereocenters. The highest BCUT2D eigenvalue weighted by Gasteiger charge is 2.23. The Bertz CT molecular complexity index is 1380. The van der Waals surface area contributed by atoms with E-state index in [0.717, 1.165) is 67.0 Å². The molecule has 36 heavy (non-hydrogen) atoms. The number of aromatic amines is 1. The van der Waals surface area contributed by atoms with E-state index in [1.807, 2.05) is 17.7 Å². The maximum atomic E-state index is 5.95. The minimum Gasteiger partial charge on any atom is -0.353 e. The standard InChI is InChI=1S/C28H32N6O2/c1-18-22(16-20-8-4-3-5-9-20)19(2)34(33-18)28-30-27-26(31-32-28)23-17-21(11-12-24(23)29-27)13-15-36-25-10-6-7-14-35-25/h3-5,8-9,11-12,21,25H,6-7,10,13-17H2,1-2H3,(H,29,30,32). The molecular weight excluding hydrogens is 452 g/mol. The van der Waals surface area contributed by atoms with E-state index < -0.39 is 0 Å². The quantitative estimate of drug-likeness (QED) is 0.403. The van der Waals surface area contributed by atoms with Crippen molar-refractivity contribution in [3.63, 3.8) is 0 Å². The van der Waals surface area contributed by atoms with Gasteiger partial charge in [0.25, 0.3) is 5.95 Å². The van der Waals surface area contributed by atoms with Crippen LogP contribution in [0.5, 0.6) is 0 Å². The summed E-state index contributed by atoms with van der Waals surface area (Å²) in [5, 5.41) is 13.8. The van der Waals surface area contributed by atoms with E-state index in [0.29, 0.717) is 18.5 Å². The fourth-order valence-corrected chi connectivity index (χ4v) is 5.26. The molecule has 0 bridgehead atoms. The van der Waals surface area contributed by atoms with Crippen LogP contribution in [0.25, 0.3) is 23.2 Å². The van der Waals surface area contributed by atoms with Crippen LogP contribution in [0, 0.1) is 19.8 Å². The van der Waals surface area contributed by atoms with Gasteiger partial charge in [-0.25, -0.2) is 4.68 Å². The molecule has 1 aromatic carbocycles. The number of nitrogens with zero attached hydrogens (tertiary/aromatic N) is 5. The van der Waals surface area contributed by atoms with Gasteiger partial charge in [-0.2, -0.15) is 10.1 Å². The third kappa shape index (κ3) is 4.58. The average molecular weight is 485 g/mol. The highest BCUT2D eigenvalue weighted by atomic mass is 16.7. The van der Waals surface area contributed by atoms with Gasteiger partial charge in [-0.05, 0) is 63.5 Å². The van der Waals surface area contributed by atoms with Crippen LogP contribution in [-0.4, -0.2) is 49.4 Å². The molecule has 1 fully saturated rings. The van der Waals surface area contributed by atoms with Crippen molar-refractivity contribution in [3.8, 4) is 5.95 Å². The summed E-state index contributed by atoms with van der Waals surface area (Å²) in [4.78, 5) is 8.26. The highest BCUT2D eigenvalue weighted by molar-refractivity contribution is 5.81. The van der Waals surface area contributed by atoms with Crippen molar-refractivity contribution >= 4 is 17.2 Å². The molecule has 3 aromatic heterocycles.